The minimum Gasteiger partial charge on any atom is -0.481 e. The first-order chi connectivity index (χ1) is 7.95. The van der Waals surface area contributed by atoms with Crippen LogP contribution in [0.15, 0.2) is 0 Å². The number of aliphatic carboxylic acids is 1. The van der Waals surface area contributed by atoms with Crippen LogP contribution in [0.25, 0.3) is 0 Å². The highest BCUT2D eigenvalue weighted by molar-refractivity contribution is 5.83. The third-order valence-electron chi connectivity index (χ3n) is 3.05. The van der Waals surface area contributed by atoms with E-state index in [-0.39, 0.29) is 19.8 Å². The van der Waals surface area contributed by atoms with Crippen molar-refractivity contribution >= 4 is 11.9 Å². The number of ether oxygens (including phenoxy) is 2. The number of carbonyl (C=O) groups is 2. The Balaban J connectivity index is 2.68. The molecule has 4 N–H and O–H groups in total. The van der Waals surface area contributed by atoms with Gasteiger partial charge in [-0.3, -0.25) is 9.59 Å². The second kappa shape index (κ2) is 5.44. The van der Waals surface area contributed by atoms with E-state index in [9.17, 15) is 9.59 Å². The molecule has 1 amide bonds. The molecule has 1 rings (SSSR count). The fourth-order valence-corrected chi connectivity index (χ4v) is 1.66. The molecule has 7 heteroatoms. The maximum absolute atomic E-state index is 11.7. The minimum atomic E-state index is -1.11. The molecule has 0 saturated carbocycles. The van der Waals surface area contributed by atoms with Gasteiger partial charge in [-0.15, -0.1) is 0 Å². The largest absolute Gasteiger partial charge is 0.481 e. The highest BCUT2D eigenvalue weighted by Gasteiger charge is 2.47. The molecule has 0 aromatic carbocycles. The quantitative estimate of drug-likeness (QED) is 0.548. The monoisotopic (exact) mass is 246 g/mol. The van der Waals surface area contributed by atoms with Crippen LogP contribution >= 0.6 is 0 Å². The topological polar surface area (TPSA) is 111 Å². The zero-order chi connectivity index (χ0) is 13.1. The molecular weight excluding hydrogens is 228 g/mol. The molecule has 1 saturated heterocycles. The summed E-state index contributed by atoms with van der Waals surface area (Å²) in [7, 11) is 1.37. The summed E-state index contributed by atoms with van der Waals surface area (Å²) >= 11 is 0. The molecule has 1 fully saturated rings. The van der Waals surface area contributed by atoms with Gasteiger partial charge in [-0.2, -0.15) is 0 Å². The summed E-state index contributed by atoms with van der Waals surface area (Å²) in [6.07, 6.45) is -0.770. The minimum absolute atomic E-state index is 0.0414. The molecule has 1 heterocycles. The van der Waals surface area contributed by atoms with Crippen LogP contribution in [0.2, 0.25) is 0 Å². The Morgan fingerprint density at radius 3 is 2.82 bits per heavy atom. The Kier molecular flexibility index (Phi) is 4.44. The Hall–Kier alpha value is -1.18. The van der Waals surface area contributed by atoms with Gasteiger partial charge in [0.1, 0.15) is 11.5 Å². The molecule has 0 aromatic rings. The average Bonchev–Trinajstić information content (AvgIpc) is 2.63. The zero-order valence-electron chi connectivity index (χ0n) is 9.93. The fourth-order valence-electron chi connectivity index (χ4n) is 1.66. The lowest BCUT2D eigenvalue weighted by Crippen LogP contribution is -2.53. The van der Waals surface area contributed by atoms with Crippen LogP contribution < -0.4 is 11.1 Å². The van der Waals surface area contributed by atoms with E-state index in [0.717, 1.165) is 0 Å². The predicted molar refractivity (Wildman–Crippen MR) is 58.3 cm³/mol. The molecule has 0 bridgehead atoms. The number of nitrogens with two attached hydrogens (primary N) is 1. The summed E-state index contributed by atoms with van der Waals surface area (Å²) in [4.78, 5) is 22.8. The summed E-state index contributed by atoms with van der Waals surface area (Å²) in [5.74, 6) is -1.42. The Morgan fingerprint density at radius 1 is 1.71 bits per heavy atom. The third kappa shape index (κ3) is 2.74. The second-order valence-electron chi connectivity index (χ2n) is 4.26. The number of hydrogen-bond donors (Lipinski definition) is 3. The van der Waals surface area contributed by atoms with Gasteiger partial charge in [-0.05, 0) is 6.92 Å². The van der Waals surface area contributed by atoms with E-state index in [0.29, 0.717) is 0 Å². The molecule has 7 nitrogen and oxygen atoms in total. The lowest BCUT2D eigenvalue weighted by molar-refractivity contribution is -0.149. The van der Waals surface area contributed by atoms with Crippen LogP contribution in [0.5, 0.6) is 0 Å². The standard InChI is InChI=1S/C10H18N2O5/c1-10(9(14)15)5-17-4-7(10)12-8(13)6(3-11)16-2/h6-7H,3-5,11H2,1-2H3,(H,12,13)(H,14,15). The zero-order valence-corrected chi connectivity index (χ0v) is 9.93. The summed E-state index contributed by atoms with van der Waals surface area (Å²) in [5.41, 5.74) is 4.24. The van der Waals surface area contributed by atoms with Gasteiger partial charge in [0.2, 0.25) is 0 Å². The Bertz CT molecular complexity index is 305. The Labute approximate surface area is 99.3 Å². The molecule has 1 aliphatic rings. The summed E-state index contributed by atoms with van der Waals surface area (Å²) in [6.45, 7) is 1.83. The van der Waals surface area contributed by atoms with Crippen molar-refractivity contribution < 1.29 is 24.2 Å². The van der Waals surface area contributed by atoms with E-state index in [1.165, 1.54) is 14.0 Å². The van der Waals surface area contributed by atoms with Crippen molar-refractivity contribution in [1.82, 2.24) is 5.32 Å². The normalized spacial score (nSPS) is 29.9. The van der Waals surface area contributed by atoms with Gasteiger partial charge < -0.3 is 25.6 Å². The van der Waals surface area contributed by atoms with Gasteiger partial charge in [-0.25, -0.2) is 0 Å². The van der Waals surface area contributed by atoms with Crippen LogP contribution in [0, 0.1) is 5.41 Å². The predicted octanol–water partition coefficient (Wildman–Crippen LogP) is -1.43. The van der Waals surface area contributed by atoms with E-state index < -0.39 is 29.4 Å². The maximum atomic E-state index is 11.7. The van der Waals surface area contributed by atoms with Gasteiger partial charge in [0.25, 0.3) is 5.91 Å². The number of rotatable bonds is 5. The van der Waals surface area contributed by atoms with E-state index in [1.54, 1.807) is 0 Å². The van der Waals surface area contributed by atoms with Crippen LogP contribution in [0.1, 0.15) is 6.92 Å². The fraction of sp³-hybridized carbons (Fsp3) is 0.800. The van der Waals surface area contributed by atoms with Gasteiger partial charge in [0.15, 0.2) is 0 Å². The van der Waals surface area contributed by atoms with Crippen molar-refractivity contribution in [1.29, 1.82) is 0 Å². The van der Waals surface area contributed by atoms with Crippen molar-refractivity contribution in [3.05, 3.63) is 0 Å². The van der Waals surface area contributed by atoms with Crippen LogP contribution in [0.3, 0.4) is 0 Å². The highest BCUT2D eigenvalue weighted by atomic mass is 16.5. The molecule has 0 aliphatic carbocycles. The lowest BCUT2D eigenvalue weighted by Gasteiger charge is -2.26. The Morgan fingerprint density at radius 2 is 2.35 bits per heavy atom. The highest BCUT2D eigenvalue weighted by Crippen LogP contribution is 2.28. The number of carboxylic acids is 1. The molecule has 0 radical (unpaired) electrons. The summed E-state index contributed by atoms with van der Waals surface area (Å²) < 4.78 is 9.99. The van der Waals surface area contributed by atoms with Crippen molar-refractivity contribution in [2.45, 2.75) is 19.1 Å². The van der Waals surface area contributed by atoms with E-state index in [2.05, 4.69) is 5.32 Å². The number of nitrogens with one attached hydrogen (secondary N) is 1. The molecule has 1 aliphatic heterocycles. The molecule has 3 atom stereocenters. The van der Waals surface area contributed by atoms with E-state index in [4.69, 9.17) is 20.3 Å². The first-order valence-corrected chi connectivity index (χ1v) is 5.30. The lowest BCUT2D eigenvalue weighted by atomic mass is 9.85. The van der Waals surface area contributed by atoms with Crippen molar-refractivity contribution in [2.75, 3.05) is 26.9 Å². The smallest absolute Gasteiger partial charge is 0.313 e. The molecule has 3 unspecified atom stereocenters. The average molecular weight is 246 g/mol. The van der Waals surface area contributed by atoms with Crippen molar-refractivity contribution in [3.63, 3.8) is 0 Å². The van der Waals surface area contributed by atoms with Gasteiger partial charge in [0, 0.05) is 13.7 Å². The number of carbonyl (C=O) groups excluding carboxylic acids is 1. The second-order valence-corrected chi connectivity index (χ2v) is 4.26. The maximum Gasteiger partial charge on any atom is 0.313 e. The summed E-state index contributed by atoms with van der Waals surface area (Å²) in [5, 5.41) is 11.7. The molecule has 98 valence electrons. The van der Waals surface area contributed by atoms with Crippen molar-refractivity contribution in [2.24, 2.45) is 11.1 Å². The molecular formula is C10H18N2O5. The van der Waals surface area contributed by atoms with Crippen LogP contribution in [-0.2, 0) is 19.1 Å². The van der Waals surface area contributed by atoms with E-state index in [1.807, 2.05) is 0 Å². The number of hydrogen-bond acceptors (Lipinski definition) is 5. The van der Waals surface area contributed by atoms with Gasteiger partial charge in [0.05, 0.1) is 19.3 Å². The molecule has 17 heavy (non-hydrogen) atoms. The number of methoxy groups -OCH3 is 1. The third-order valence-corrected chi connectivity index (χ3v) is 3.05. The van der Waals surface area contributed by atoms with Crippen LogP contribution in [0.4, 0.5) is 0 Å². The van der Waals surface area contributed by atoms with Gasteiger partial charge >= 0.3 is 5.97 Å². The first kappa shape index (κ1) is 13.9. The van der Waals surface area contributed by atoms with Gasteiger partial charge in [-0.1, -0.05) is 0 Å². The number of amides is 1. The van der Waals surface area contributed by atoms with Crippen LogP contribution in [-0.4, -0.2) is 56.0 Å². The molecule has 0 spiro atoms. The van der Waals surface area contributed by atoms with Crippen molar-refractivity contribution in [3.8, 4) is 0 Å². The number of carboxylic acid groups (broad SMARTS) is 1. The van der Waals surface area contributed by atoms with E-state index >= 15 is 0 Å². The summed E-state index contributed by atoms with van der Waals surface area (Å²) in [6, 6.07) is -0.573. The SMILES string of the molecule is COC(CN)C(=O)NC1COCC1(C)C(=O)O. The molecule has 0 aromatic heterocycles. The first-order valence-electron chi connectivity index (χ1n) is 5.30.